The molecule has 0 saturated heterocycles. The number of hydrazine groups is 1. The molecule has 1 unspecified atom stereocenters. The van der Waals surface area contributed by atoms with Crippen molar-refractivity contribution in [1.29, 1.82) is 0 Å². The van der Waals surface area contributed by atoms with Crippen molar-refractivity contribution in [3.8, 4) is 0 Å². The van der Waals surface area contributed by atoms with E-state index in [0.29, 0.717) is 11.6 Å². The number of ether oxygens (including phenoxy) is 1. The predicted octanol–water partition coefficient (Wildman–Crippen LogP) is 0.778. The van der Waals surface area contributed by atoms with E-state index in [2.05, 4.69) is 15.4 Å². The first-order valence-electron chi connectivity index (χ1n) is 4.02. The Morgan fingerprint density at radius 1 is 1.54 bits per heavy atom. The molecule has 3 N–H and O–H groups in total. The molecule has 1 rings (SSSR count). The summed E-state index contributed by atoms with van der Waals surface area (Å²) in [6.07, 6.45) is -0.119. The molecule has 0 saturated carbocycles. The van der Waals surface area contributed by atoms with Gasteiger partial charge in [-0.15, -0.1) is 0 Å². The fourth-order valence-corrected chi connectivity index (χ4v) is 0.953. The lowest BCUT2D eigenvalue weighted by molar-refractivity contribution is 0.112. The fraction of sp³-hybridized carbons (Fsp3) is 0.500. The van der Waals surface area contributed by atoms with Gasteiger partial charge in [0, 0.05) is 18.9 Å². The highest BCUT2D eigenvalue weighted by Crippen LogP contribution is 2.13. The minimum absolute atomic E-state index is 0.119. The van der Waals surface area contributed by atoms with E-state index in [1.54, 1.807) is 13.2 Å². The highest BCUT2D eigenvalue weighted by Gasteiger charge is 2.08. The van der Waals surface area contributed by atoms with Crippen LogP contribution in [0.15, 0.2) is 6.07 Å². The molecule has 0 aliphatic carbocycles. The standard InChI is InChI=1S/C8H14N4O/c1-5-4-7(12-9)11-8(10-5)6(2)13-3/h4,6H,9H2,1-3H3,(H,10,11,12). The van der Waals surface area contributed by atoms with Crippen LogP contribution in [0.2, 0.25) is 0 Å². The Labute approximate surface area is 77.3 Å². The number of anilines is 1. The normalized spacial score (nSPS) is 12.6. The molecule has 5 nitrogen and oxygen atoms in total. The van der Waals surface area contributed by atoms with Crippen molar-refractivity contribution < 1.29 is 4.74 Å². The molecule has 1 aromatic heterocycles. The van der Waals surface area contributed by atoms with Crippen LogP contribution >= 0.6 is 0 Å². The molecular weight excluding hydrogens is 168 g/mol. The third kappa shape index (κ3) is 2.37. The van der Waals surface area contributed by atoms with Gasteiger partial charge in [0.2, 0.25) is 0 Å². The van der Waals surface area contributed by atoms with Crippen LogP contribution in [0.5, 0.6) is 0 Å². The molecular formula is C8H14N4O. The molecule has 1 heterocycles. The molecule has 0 bridgehead atoms. The average Bonchev–Trinajstić information content (AvgIpc) is 2.15. The second-order valence-corrected chi connectivity index (χ2v) is 2.78. The van der Waals surface area contributed by atoms with E-state index in [1.165, 1.54) is 0 Å². The van der Waals surface area contributed by atoms with Crippen molar-refractivity contribution in [2.75, 3.05) is 12.5 Å². The lowest BCUT2D eigenvalue weighted by Gasteiger charge is -2.09. The van der Waals surface area contributed by atoms with Gasteiger partial charge >= 0.3 is 0 Å². The maximum Gasteiger partial charge on any atom is 0.159 e. The van der Waals surface area contributed by atoms with Gasteiger partial charge < -0.3 is 10.2 Å². The van der Waals surface area contributed by atoms with E-state index >= 15 is 0 Å². The number of nitrogen functional groups attached to an aromatic ring is 1. The molecule has 72 valence electrons. The van der Waals surface area contributed by atoms with E-state index in [-0.39, 0.29) is 6.10 Å². The number of nitrogens with two attached hydrogens (primary N) is 1. The zero-order valence-corrected chi connectivity index (χ0v) is 8.03. The molecule has 0 fully saturated rings. The van der Waals surface area contributed by atoms with Crippen LogP contribution in [0, 0.1) is 6.92 Å². The largest absolute Gasteiger partial charge is 0.374 e. The monoisotopic (exact) mass is 182 g/mol. The van der Waals surface area contributed by atoms with Crippen LogP contribution in [-0.4, -0.2) is 17.1 Å². The quantitative estimate of drug-likeness (QED) is 0.533. The van der Waals surface area contributed by atoms with Gasteiger partial charge in [-0.25, -0.2) is 15.8 Å². The summed E-state index contributed by atoms with van der Waals surface area (Å²) in [7, 11) is 1.62. The molecule has 0 amide bonds. The first kappa shape index (κ1) is 9.88. The van der Waals surface area contributed by atoms with Gasteiger partial charge in [0.05, 0.1) is 0 Å². The summed E-state index contributed by atoms with van der Waals surface area (Å²) in [6.45, 7) is 3.77. The molecule has 5 heteroatoms. The van der Waals surface area contributed by atoms with Crippen LogP contribution in [0.1, 0.15) is 24.5 Å². The Bertz CT molecular complexity index is 289. The zero-order valence-electron chi connectivity index (χ0n) is 8.03. The highest BCUT2D eigenvalue weighted by atomic mass is 16.5. The highest BCUT2D eigenvalue weighted by molar-refractivity contribution is 5.34. The number of aryl methyl sites for hydroxylation is 1. The summed E-state index contributed by atoms with van der Waals surface area (Å²) in [5.74, 6) is 6.49. The molecule has 0 aliphatic heterocycles. The third-order valence-corrected chi connectivity index (χ3v) is 1.74. The molecule has 1 atom stereocenters. The lowest BCUT2D eigenvalue weighted by atomic mass is 10.3. The second-order valence-electron chi connectivity index (χ2n) is 2.78. The number of hydrogen-bond donors (Lipinski definition) is 2. The number of methoxy groups -OCH3 is 1. The lowest BCUT2D eigenvalue weighted by Crippen LogP contribution is -2.12. The summed E-state index contributed by atoms with van der Waals surface area (Å²) < 4.78 is 5.10. The Morgan fingerprint density at radius 2 is 2.23 bits per heavy atom. The Kier molecular flexibility index (Phi) is 3.16. The molecule has 13 heavy (non-hydrogen) atoms. The maximum absolute atomic E-state index is 5.25. The maximum atomic E-state index is 5.25. The van der Waals surface area contributed by atoms with Crippen molar-refractivity contribution in [3.63, 3.8) is 0 Å². The molecule has 1 aromatic rings. The third-order valence-electron chi connectivity index (χ3n) is 1.74. The summed E-state index contributed by atoms with van der Waals surface area (Å²) in [5.41, 5.74) is 3.34. The van der Waals surface area contributed by atoms with Crippen molar-refractivity contribution in [1.82, 2.24) is 9.97 Å². The van der Waals surface area contributed by atoms with Gasteiger partial charge in [-0.2, -0.15) is 0 Å². The van der Waals surface area contributed by atoms with Crippen molar-refractivity contribution in [2.24, 2.45) is 5.84 Å². The Morgan fingerprint density at radius 3 is 2.77 bits per heavy atom. The van der Waals surface area contributed by atoms with Crippen LogP contribution in [0.25, 0.3) is 0 Å². The van der Waals surface area contributed by atoms with E-state index < -0.39 is 0 Å². The van der Waals surface area contributed by atoms with E-state index in [0.717, 1.165) is 5.69 Å². The zero-order chi connectivity index (χ0) is 9.84. The first-order chi connectivity index (χ1) is 6.17. The molecule has 0 aliphatic rings. The number of aromatic nitrogens is 2. The smallest absolute Gasteiger partial charge is 0.159 e. The Hall–Kier alpha value is -1.20. The van der Waals surface area contributed by atoms with Crippen molar-refractivity contribution in [2.45, 2.75) is 20.0 Å². The summed E-state index contributed by atoms with van der Waals surface area (Å²) >= 11 is 0. The van der Waals surface area contributed by atoms with E-state index in [1.807, 2.05) is 13.8 Å². The summed E-state index contributed by atoms with van der Waals surface area (Å²) in [6, 6.07) is 1.77. The number of rotatable bonds is 3. The fourth-order valence-electron chi connectivity index (χ4n) is 0.953. The van der Waals surface area contributed by atoms with Gasteiger partial charge in [-0.3, -0.25) is 0 Å². The number of hydrogen-bond acceptors (Lipinski definition) is 5. The average molecular weight is 182 g/mol. The topological polar surface area (TPSA) is 73.1 Å². The minimum Gasteiger partial charge on any atom is -0.374 e. The van der Waals surface area contributed by atoms with Gasteiger partial charge in [-0.1, -0.05) is 0 Å². The van der Waals surface area contributed by atoms with Crippen LogP contribution in [0.3, 0.4) is 0 Å². The second kappa shape index (κ2) is 4.15. The van der Waals surface area contributed by atoms with E-state index in [4.69, 9.17) is 10.6 Å². The van der Waals surface area contributed by atoms with Gasteiger partial charge in [0.1, 0.15) is 11.9 Å². The van der Waals surface area contributed by atoms with Gasteiger partial charge in [0.25, 0.3) is 0 Å². The summed E-state index contributed by atoms with van der Waals surface area (Å²) in [5, 5.41) is 0. The van der Waals surface area contributed by atoms with Gasteiger partial charge in [-0.05, 0) is 13.8 Å². The van der Waals surface area contributed by atoms with Crippen LogP contribution < -0.4 is 11.3 Å². The number of nitrogens with one attached hydrogen (secondary N) is 1. The van der Waals surface area contributed by atoms with Crippen LogP contribution in [-0.2, 0) is 4.74 Å². The SMILES string of the molecule is COC(C)c1nc(C)cc(NN)n1. The predicted molar refractivity (Wildman–Crippen MR) is 50.0 cm³/mol. The molecule has 0 radical (unpaired) electrons. The van der Waals surface area contributed by atoms with Crippen molar-refractivity contribution >= 4 is 5.82 Å². The van der Waals surface area contributed by atoms with Crippen molar-refractivity contribution in [3.05, 3.63) is 17.6 Å². The molecule has 0 spiro atoms. The first-order valence-corrected chi connectivity index (χ1v) is 4.02. The minimum atomic E-state index is -0.119. The number of nitrogens with zero attached hydrogens (tertiary/aromatic N) is 2. The van der Waals surface area contributed by atoms with E-state index in [9.17, 15) is 0 Å². The van der Waals surface area contributed by atoms with Gasteiger partial charge in [0.15, 0.2) is 5.82 Å². The molecule has 0 aromatic carbocycles. The summed E-state index contributed by atoms with van der Waals surface area (Å²) in [4.78, 5) is 8.37. The van der Waals surface area contributed by atoms with Crippen LogP contribution in [0.4, 0.5) is 5.82 Å². The Balaban J connectivity index is 3.01.